The van der Waals surface area contributed by atoms with Crippen LogP contribution in [0, 0.1) is 6.92 Å². The summed E-state index contributed by atoms with van der Waals surface area (Å²) in [6.07, 6.45) is -2.75. The Morgan fingerprint density at radius 1 is 1.23 bits per heavy atom. The van der Waals surface area contributed by atoms with Gasteiger partial charge in [0.25, 0.3) is 6.43 Å². The average molecular weight is 578 g/mol. The summed E-state index contributed by atoms with van der Waals surface area (Å²) in [5, 5.41) is 7.67. The zero-order valence-electron chi connectivity index (χ0n) is 16.5. The van der Waals surface area contributed by atoms with Gasteiger partial charge in [0.2, 0.25) is 0 Å². The highest BCUT2D eigenvalue weighted by atomic mass is 127. The summed E-state index contributed by atoms with van der Waals surface area (Å²) < 4.78 is 35.7. The van der Waals surface area contributed by atoms with Crippen LogP contribution in [-0.2, 0) is 7.05 Å². The quantitative estimate of drug-likeness (QED) is 0.181. The molecule has 1 unspecified atom stereocenters. The lowest BCUT2D eigenvalue weighted by Gasteiger charge is -2.15. The van der Waals surface area contributed by atoms with E-state index in [-0.39, 0.29) is 23.0 Å². The van der Waals surface area contributed by atoms with Crippen molar-refractivity contribution in [3.05, 3.63) is 41.1 Å². The van der Waals surface area contributed by atoms with Crippen molar-refractivity contribution in [2.24, 2.45) is 7.05 Å². The number of benzene rings is 1. The molecule has 1 atom stereocenters. The van der Waals surface area contributed by atoms with Crippen LogP contribution in [0.15, 0.2) is 24.3 Å². The second-order valence-electron chi connectivity index (χ2n) is 6.47. The fourth-order valence-corrected chi connectivity index (χ4v) is 5.37. The molecular formula is C18H16ClF2IN7OP. The summed E-state index contributed by atoms with van der Waals surface area (Å²) in [7, 11) is 3.34. The molecular weight excluding hydrogens is 562 g/mol. The summed E-state index contributed by atoms with van der Waals surface area (Å²) >= 11 is 8.21. The van der Waals surface area contributed by atoms with E-state index in [0.717, 1.165) is 5.56 Å². The Morgan fingerprint density at radius 2 is 2.00 bits per heavy atom. The zero-order valence-corrected chi connectivity index (χ0v) is 20.4. The highest BCUT2D eigenvalue weighted by molar-refractivity contribution is 14.2. The fourth-order valence-electron chi connectivity index (χ4n) is 3.28. The van der Waals surface area contributed by atoms with Crippen LogP contribution in [0.25, 0.3) is 22.6 Å². The van der Waals surface area contributed by atoms with Crippen molar-refractivity contribution in [3.63, 3.8) is 0 Å². The first-order valence-electron chi connectivity index (χ1n) is 8.89. The van der Waals surface area contributed by atoms with Crippen molar-refractivity contribution in [2.75, 3.05) is 12.4 Å². The van der Waals surface area contributed by atoms with Gasteiger partial charge in [0, 0.05) is 13.1 Å². The van der Waals surface area contributed by atoms with Gasteiger partial charge in [-0.1, -0.05) is 17.7 Å². The molecule has 0 radical (unpaired) electrons. The SMILES string of the molecule is COc1c(Nc2cc(Cl)nc3c2nc(C(F)F)n3PI)cccc1-c1nc(C)nn1C. The van der Waals surface area contributed by atoms with Crippen molar-refractivity contribution < 1.29 is 13.5 Å². The predicted molar refractivity (Wildman–Crippen MR) is 126 cm³/mol. The van der Waals surface area contributed by atoms with E-state index in [0.29, 0.717) is 34.3 Å². The van der Waals surface area contributed by atoms with Gasteiger partial charge in [-0.3, -0.25) is 4.34 Å². The number of aryl methyl sites for hydroxylation is 2. The normalized spacial score (nSPS) is 11.9. The van der Waals surface area contributed by atoms with Crippen LogP contribution >= 0.6 is 40.0 Å². The lowest BCUT2D eigenvalue weighted by molar-refractivity contribution is 0.140. The van der Waals surface area contributed by atoms with Gasteiger partial charge in [-0.2, -0.15) is 5.10 Å². The molecule has 8 nitrogen and oxygen atoms in total. The molecule has 1 N–H and O–H groups in total. The van der Waals surface area contributed by atoms with Crippen molar-refractivity contribution in [3.8, 4) is 17.1 Å². The largest absolute Gasteiger partial charge is 0.494 e. The van der Waals surface area contributed by atoms with Crippen molar-refractivity contribution in [1.29, 1.82) is 0 Å². The number of halogens is 4. The first-order valence-corrected chi connectivity index (χ1v) is 13.3. The Balaban J connectivity index is 1.87. The molecule has 31 heavy (non-hydrogen) atoms. The molecule has 0 aliphatic carbocycles. The van der Waals surface area contributed by atoms with E-state index >= 15 is 0 Å². The number of aromatic nitrogens is 6. The number of hydrogen-bond donors (Lipinski definition) is 1. The molecule has 13 heteroatoms. The molecule has 4 rings (SSSR count). The molecule has 0 aliphatic rings. The molecule has 162 valence electrons. The van der Waals surface area contributed by atoms with E-state index in [9.17, 15) is 8.78 Å². The maximum atomic E-state index is 13.5. The lowest BCUT2D eigenvalue weighted by Crippen LogP contribution is -2.01. The van der Waals surface area contributed by atoms with Gasteiger partial charge in [0.15, 0.2) is 23.0 Å². The number of ether oxygens (including phenoxy) is 1. The molecule has 3 heterocycles. The standard InChI is InChI=1S/C18H16ClF2IN7OP/c1-8-23-16(28(2)27-8)9-5-4-6-10(14(9)30-3)24-11-7-12(19)25-17-13(11)26-18(15(20)21)29(17)31-22/h4-7,15,31H,1-3H3,(H,24,25). The minimum Gasteiger partial charge on any atom is -0.494 e. The molecule has 0 bridgehead atoms. The molecule has 0 amide bonds. The summed E-state index contributed by atoms with van der Waals surface area (Å²) in [6.45, 7) is 1.80. The van der Waals surface area contributed by atoms with E-state index in [1.54, 1.807) is 37.9 Å². The van der Waals surface area contributed by atoms with E-state index in [2.05, 4.69) is 25.4 Å². The third-order valence-electron chi connectivity index (χ3n) is 4.49. The molecule has 0 spiro atoms. The minimum absolute atomic E-state index is 0.00918. The summed E-state index contributed by atoms with van der Waals surface area (Å²) in [4.78, 5) is 12.8. The van der Waals surface area contributed by atoms with Gasteiger partial charge in [0.05, 0.1) is 30.4 Å². The number of nitrogens with zero attached hydrogens (tertiary/aromatic N) is 6. The van der Waals surface area contributed by atoms with E-state index in [1.807, 2.05) is 34.2 Å². The number of para-hydroxylation sites is 1. The number of pyridine rings is 1. The molecule has 0 saturated heterocycles. The van der Waals surface area contributed by atoms with Crippen LogP contribution in [0.2, 0.25) is 5.15 Å². The number of methoxy groups -OCH3 is 1. The Hall–Kier alpha value is -2.11. The topological polar surface area (TPSA) is 82.7 Å². The third kappa shape index (κ3) is 4.06. The minimum atomic E-state index is -2.74. The van der Waals surface area contributed by atoms with Crippen LogP contribution in [-0.4, -0.2) is 36.2 Å². The molecule has 0 fully saturated rings. The first-order chi connectivity index (χ1) is 14.8. The maximum Gasteiger partial charge on any atom is 0.295 e. The number of fused-ring (bicyclic) bond motifs is 1. The van der Waals surface area contributed by atoms with Gasteiger partial charge in [-0.05, 0) is 41.1 Å². The number of hydrogen-bond acceptors (Lipinski definition) is 6. The second kappa shape index (κ2) is 8.79. The van der Waals surface area contributed by atoms with Crippen molar-refractivity contribution >= 4 is 62.6 Å². The van der Waals surface area contributed by atoms with Crippen LogP contribution < -0.4 is 10.1 Å². The Bertz CT molecular complexity index is 1280. The number of rotatable bonds is 6. The molecule has 1 aromatic carbocycles. The van der Waals surface area contributed by atoms with Gasteiger partial charge in [-0.25, -0.2) is 28.4 Å². The molecule has 3 aromatic heterocycles. The first kappa shape index (κ1) is 22.1. The Morgan fingerprint density at radius 3 is 2.61 bits per heavy atom. The molecule has 0 aliphatic heterocycles. The smallest absolute Gasteiger partial charge is 0.295 e. The highest BCUT2D eigenvalue weighted by Crippen LogP contribution is 2.41. The van der Waals surface area contributed by atoms with E-state index in [1.165, 1.54) is 4.34 Å². The van der Waals surface area contributed by atoms with Gasteiger partial charge in [-0.15, -0.1) is 0 Å². The number of imidazole rings is 1. The fraction of sp³-hybridized carbons (Fsp3) is 0.222. The van der Waals surface area contributed by atoms with Crippen LogP contribution in [0.3, 0.4) is 0 Å². The molecule has 0 saturated carbocycles. The summed E-state index contributed by atoms with van der Waals surface area (Å²) in [6, 6.07) is 7.05. The number of anilines is 2. The van der Waals surface area contributed by atoms with Crippen LogP contribution in [0.4, 0.5) is 20.2 Å². The van der Waals surface area contributed by atoms with E-state index < -0.39 is 6.43 Å². The average Bonchev–Trinajstić information content (AvgIpc) is 3.26. The molecule has 4 aromatic rings. The number of nitrogens with one attached hydrogen (secondary N) is 1. The Labute approximate surface area is 195 Å². The second-order valence-corrected chi connectivity index (χ2v) is 8.92. The maximum absolute atomic E-state index is 13.5. The van der Waals surface area contributed by atoms with Gasteiger partial charge in [0.1, 0.15) is 16.5 Å². The van der Waals surface area contributed by atoms with Gasteiger partial charge < -0.3 is 10.1 Å². The monoisotopic (exact) mass is 577 g/mol. The summed E-state index contributed by atoms with van der Waals surface area (Å²) in [5.41, 5.74) is 2.34. The van der Waals surface area contributed by atoms with E-state index in [4.69, 9.17) is 16.3 Å². The van der Waals surface area contributed by atoms with Crippen molar-refractivity contribution in [2.45, 2.75) is 13.3 Å². The van der Waals surface area contributed by atoms with Gasteiger partial charge >= 0.3 is 0 Å². The summed E-state index contributed by atoms with van der Waals surface area (Å²) in [5.74, 6) is 1.43. The van der Waals surface area contributed by atoms with Crippen LogP contribution in [0.5, 0.6) is 5.75 Å². The lowest BCUT2D eigenvalue weighted by atomic mass is 10.1. The Kier molecular flexibility index (Phi) is 6.27. The van der Waals surface area contributed by atoms with Crippen molar-refractivity contribution in [1.82, 2.24) is 29.1 Å². The predicted octanol–water partition coefficient (Wildman–Crippen LogP) is 5.67. The third-order valence-corrected chi connectivity index (χ3v) is 6.74. The van der Waals surface area contributed by atoms with Crippen LogP contribution in [0.1, 0.15) is 18.1 Å². The zero-order chi connectivity index (χ0) is 22.3. The number of alkyl halides is 2. The highest BCUT2D eigenvalue weighted by Gasteiger charge is 2.23.